The Morgan fingerprint density at radius 2 is 1.77 bits per heavy atom. The van der Waals surface area contributed by atoms with Gasteiger partial charge in [-0.2, -0.15) is 0 Å². The summed E-state index contributed by atoms with van der Waals surface area (Å²) in [5.41, 5.74) is 1.28. The maximum absolute atomic E-state index is 13.7. The fraction of sp³-hybridized carbons (Fsp3) is 0.318. The third kappa shape index (κ3) is 5.38. The van der Waals surface area contributed by atoms with Crippen LogP contribution in [0.1, 0.15) is 38.2 Å². The normalized spacial score (nSPS) is 13.8. The first-order chi connectivity index (χ1) is 14.2. The lowest BCUT2D eigenvalue weighted by Crippen LogP contribution is -2.42. The zero-order chi connectivity index (χ0) is 21.9. The highest BCUT2D eigenvalue weighted by Gasteiger charge is 2.32. The molecule has 3 aromatic rings. The van der Waals surface area contributed by atoms with Gasteiger partial charge in [0.1, 0.15) is 34.0 Å². The SMILES string of the molecule is COc1ccc(-n2ccnc2[C@@H](Cc2cc(F)cc(F)c2)N[S@+]([O-])C(C)(C)C)cc1. The van der Waals surface area contributed by atoms with E-state index >= 15 is 0 Å². The molecular formula is C22H25F2N3O2S. The van der Waals surface area contributed by atoms with E-state index in [4.69, 9.17) is 4.74 Å². The molecule has 1 aromatic heterocycles. The second-order valence-corrected chi connectivity index (χ2v) is 9.88. The summed E-state index contributed by atoms with van der Waals surface area (Å²) >= 11 is -1.42. The standard InChI is InChI=1S/C22H25F2N3O2S/c1-22(2,3)30(28)26-20(13-15-11-16(23)14-17(24)12-15)21-25-9-10-27(21)18-5-7-19(29-4)8-6-18/h5-12,14,20,26H,13H2,1-4H3/t20-,30-/m1/s1. The Balaban J connectivity index is 1.98. The van der Waals surface area contributed by atoms with Gasteiger partial charge in [0, 0.05) is 35.5 Å². The zero-order valence-corrected chi connectivity index (χ0v) is 18.2. The summed E-state index contributed by atoms with van der Waals surface area (Å²) in [6, 6.07) is 10.3. The van der Waals surface area contributed by atoms with E-state index in [0.29, 0.717) is 11.4 Å². The number of benzene rings is 2. The number of rotatable bonds is 7. The Kier molecular flexibility index (Phi) is 6.80. The fourth-order valence-electron chi connectivity index (χ4n) is 2.99. The number of hydrogen-bond donors (Lipinski definition) is 1. The maximum atomic E-state index is 13.7. The number of halogens is 2. The van der Waals surface area contributed by atoms with Crippen LogP contribution in [0.2, 0.25) is 0 Å². The van der Waals surface area contributed by atoms with E-state index in [2.05, 4.69) is 9.71 Å². The van der Waals surface area contributed by atoms with Crippen molar-refractivity contribution in [3.8, 4) is 11.4 Å². The Morgan fingerprint density at radius 1 is 1.13 bits per heavy atom. The van der Waals surface area contributed by atoms with Crippen LogP contribution in [-0.4, -0.2) is 26.0 Å². The third-order valence-electron chi connectivity index (χ3n) is 4.50. The van der Waals surface area contributed by atoms with Crippen LogP contribution in [0.4, 0.5) is 8.78 Å². The summed E-state index contributed by atoms with van der Waals surface area (Å²) in [5, 5.41) is 0. The number of methoxy groups -OCH3 is 1. The Morgan fingerprint density at radius 3 is 2.33 bits per heavy atom. The van der Waals surface area contributed by atoms with E-state index in [1.165, 1.54) is 12.1 Å². The highest BCUT2D eigenvalue weighted by molar-refractivity contribution is 7.90. The predicted molar refractivity (Wildman–Crippen MR) is 114 cm³/mol. The molecule has 3 rings (SSSR count). The molecule has 2 atom stereocenters. The molecule has 0 spiro atoms. The van der Waals surface area contributed by atoms with Gasteiger partial charge in [-0.15, -0.1) is 4.72 Å². The van der Waals surface area contributed by atoms with Crippen LogP contribution in [-0.2, 0) is 17.8 Å². The molecule has 0 bridgehead atoms. The number of imidazole rings is 1. The highest BCUT2D eigenvalue weighted by Crippen LogP contribution is 2.26. The summed E-state index contributed by atoms with van der Waals surface area (Å²) in [7, 11) is 1.59. The summed E-state index contributed by atoms with van der Waals surface area (Å²) in [5.74, 6) is -0.0000195. The quantitative estimate of drug-likeness (QED) is 0.558. The monoisotopic (exact) mass is 433 g/mol. The van der Waals surface area contributed by atoms with Gasteiger partial charge in [-0.3, -0.25) is 0 Å². The average Bonchev–Trinajstić information content (AvgIpc) is 3.15. The van der Waals surface area contributed by atoms with Gasteiger partial charge in [0.15, 0.2) is 0 Å². The molecule has 0 radical (unpaired) electrons. The topological polar surface area (TPSA) is 62.1 Å². The summed E-state index contributed by atoms with van der Waals surface area (Å²) < 4.78 is 49.9. The predicted octanol–water partition coefficient (Wildman–Crippen LogP) is 4.49. The van der Waals surface area contributed by atoms with E-state index in [0.717, 1.165) is 17.5 Å². The zero-order valence-electron chi connectivity index (χ0n) is 17.4. The number of nitrogens with one attached hydrogen (secondary N) is 1. The van der Waals surface area contributed by atoms with E-state index in [-0.39, 0.29) is 6.42 Å². The molecule has 0 amide bonds. The highest BCUT2D eigenvalue weighted by atomic mass is 32.2. The lowest BCUT2D eigenvalue weighted by molar-refractivity contribution is 0.414. The van der Waals surface area contributed by atoms with Gasteiger partial charge in [0.25, 0.3) is 0 Å². The summed E-state index contributed by atoms with van der Waals surface area (Å²) in [6.45, 7) is 5.56. The Hall–Kier alpha value is -2.42. The molecule has 0 saturated carbocycles. The van der Waals surface area contributed by atoms with E-state index < -0.39 is 33.8 Å². The van der Waals surface area contributed by atoms with Crippen molar-refractivity contribution in [2.24, 2.45) is 0 Å². The largest absolute Gasteiger partial charge is 0.598 e. The van der Waals surface area contributed by atoms with Crippen LogP contribution in [0.25, 0.3) is 5.69 Å². The molecule has 0 aliphatic carbocycles. The Labute approximate surface area is 178 Å². The molecule has 160 valence electrons. The molecule has 0 fully saturated rings. The van der Waals surface area contributed by atoms with Crippen LogP contribution >= 0.6 is 0 Å². The van der Waals surface area contributed by atoms with E-state index in [1.54, 1.807) is 19.5 Å². The van der Waals surface area contributed by atoms with E-state index in [9.17, 15) is 13.3 Å². The van der Waals surface area contributed by atoms with Crippen LogP contribution in [0, 0.1) is 11.6 Å². The van der Waals surface area contributed by atoms with Crippen molar-refractivity contribution in [3.63, 3.8) is 0 Å². The lowest BCUT2D eigenvalue weighted by atomic mass is 10.1. The minimum absolute atomic E-state index is 0.212. The van der Waals surface area contributed by atoms with Crippen molar-refractivity contribution in [3.05, 3.63) is 77.9 Å². The first-order valence-corrected chi connectivity index (χ1v) is 10.6. The molecule has 0 aliphatic heterocycles. The maximum Gasteiger partial charge on any atom is 0.136 e. The summed E-state index contributed by atoms with van der Waals surface area (Å²) in [6.07, 6.45) is 3.64. The Bertz CT molecular complexity index is 967. The van der Waals surface area contributed by atoms with Gasteiger partial charge in [-0.25, -0.2) is 13.8 Å². The number of ether oxygens (including phenoxy) is 1. The second-order valence-electron chi connectivity index (χ2n) is 7.89. The second kappa shape index (κ2) is 9.16. The van der Waals surface area contributed by atoms with Crippen LogP contribution < -0.4 is 9.46 Å². The molecule has 5 nitrogen and oxygen atoms in total. The van der Waals surface area contributed by atoms with Crippen LogP contribution in [0.15, 0.2) is 54.9 Å². The minimum Gasteiger partial charge on any atom is -0.598 e. The third-order valence-corrected chi connectivity index (χ3v) is 6.11. The average molecular weight is 434 g/mol. The molecule has 2 aromatic carbocycles. The molecule has 30 heavy (non-hydrogen) atoms. The molecule has 0 unspecified atom stereocenters. The molecule has 0 saturated heterocycles. The van der Waals surface area contributed by atoms with E-state index in [1.807, 2.05) is 49.6 Å². The lowest BCUT2D eigenvalue weighted by Gasteiger charge is -2.28. The minimum atomic E-state index is -1.42. The van der Waals surface area contributed by atoms with Gasteiger partial charge in [-0.1, -0.05) is 0 Å². The van der Waals surface area contributed by atoms with Crippen molar-refractivity contribution >= 4 is 11.4 Å². The van der Waals surface area contributed by atoms with Gasteiger partial charge in [0.2, 0.25) is 0 Å². The number of aromatic nitrogens is 2. The molecule has 8 heteroatoms. The van der Waals surface area contributed by atoms with Crippen LogP contribution in [0.5, 0.6) is 5.75 Å². The van der Waals surface area contributed by atoms with Crippen molar-refractivity contribution in [2.75, 3.05) is 7.11 Å². The summed E-state index contributed by atoms with van der Waals surface area (Å²) in [4.78, 5) is 4.46. The first-order valence-electron chi connectivity index (χ1n) is 9.48. The molecular weight excluding hydrogens is 408 g/mol. The molecule has 1 N–H and O–H groups in total. The smallest absolute Gasteiger partial charge is 0.136 e. The number of nitrogens with zero attached hydrogens (tertiary/aromatic N) is 2. The van der Waals surface area contributed by atoms with Gasteiger partial charge < -0.3 is 13.9 Å². The molecule has 0 aliphatic rings. The van der Waals surface area contributed by atoms with Crippen molar-refractivity contribution in [1.29, 1.82) is 0 Å². The van der Waals surface area contributed by atoms with Gasteiger partial charge in [0.05, 0.1) is 7.11 Å². The number of hydrogen-bond acceptors (Lipinski definition) is 4. The van der Waals surface area contributed by atoms with Crippen molar-refractivity contribution < 1.29 is 18.1 Å². The first kappa shape index (κ1) is 22.3. The molecule has 1 heterocycles. The van der Waals surface area contributed by atoms with Gasteiger partial charge >= 0.3 is 0 Å². The fourth-order valence-corrected chi connectivity index (χ4v) is 3.79. The van der Waals surface area contributed by atoms with Crippen molar-refractivity contribution in [1.82, 2.24) is 14.3 Å². The van der Waals surface area contributed by atoms with Crippen LogP contribution in [0.3, 0.4) is 0 Å². The van der Waals surface area contributed by atoms with Gasteiger partial charge in [-0.05, 0) is 69.2 Å². The van der Waals surface area contributed by atoms with Crippen molar-refractivity contribution in [2.45, 2.75) is 38.0 Å².